The number of para-hydroxylation sites is 1. The molecule has 0 heterocycles. The van der Waals surface area contributed by atoms with Crippen molar-refractivity contribution in [2.24, 2.45) is 0 Å². The number of benzene rings is 2. The zero-order chi connectivity index (χ0) is 13.9. The van der Waals surface area contributed by atoms with Crippen LogP contribution in [0.2, 0.25) is 0 Å². The van der Waals surface area contributed by atoms with Crippen LogP contribution in [0.1, 0.15) is 6.92 Å². The van der Waals surface area contributed by atoms with Gasteiger partial charge in [0.15, 0.2) is 0 Å². The molecule has 0 atom stereocenters. The van der Waals surface area contributed by atoms with E-state index in [9.17, 15) is 8.42 Å². The van der Waals surface area contributed by atoms with Gasteiger partial charge in [-0.2, -0.15) is 0 Å². The second kappa shape index (κ2) is 5.32. The van der Waals surface area contributed by atoms with Gasteiger partial charge in [0.25, 0.3) is 0 Å². The van der Waals surface area contributed by atoms with Gasteiger partial charge in [0.05, 0.1) is 17.1 Å². The van der Waals surface area contributed by atoms with Crippen LogP contribution in [0.3, 0.4) is 0 Å². The lowest BCUT2D eigenvalue weighted by Crippen LogP contribution is -2.27. The fraction of sp³-hybridized carbons (Fsp3) is 0.143. The van der Waals surface area contributed by atoms with E-state index in [-0.39, 0.29) is 5.75 Å². The summed E-state index contributed by atoms with van der Waals surface area (Å²) in [6.45, 7) is 1.62. The van der Waals surface area contributed by atoms with Gasteiger partial charge in [-0.3, -0.25) is 0 Å². The summed E-state index contributed by atoms with van der Waals surface area (Å²) in [5, 5.41) is 0. The SMILES string of the molecule is CCS(=O)(=O)N(c1ccccc1)c1cccc(N)c1. The van der Waals surface area contributed by atoms with Crippen molar-refractivity contribution >= 4 is 27.1 Å². The molecule has 2 rings (SSSR count). The number of hydrogen-bond donors (Lipinski definition) is 1. The molecular weight excluding hydrogens is 260 g/mol. The molecule has 19 heavy (non-hydrogen) atoms. The molecule has 2 N–H and O–H groups in total. The third-order valence-electron chi connectivity index (χ3n) is 2.74. The number of nitrogens with zero attached hydrogens (tertiary/aromatic N) is 1. The van der Waals surface area contributed by atoms with Crippen molar-refractivity contribution in [3.05, 3.63) is 54.6 Å². The van der Waals surface area contributed by atoms with Crippen LogP contribution in [-0.4, -0.2) is 14.2 Å². The van der Waals surface area contributed by atoms with Crippen molar-refractivity contribution in [2.45, 2.75) is 6.92 Å². The Kier molecular flexibility index (Phi) is 3.76. The Morgan fingerprint density at radius 1 is 1.00 bits per heavy atom. The number of hydrogen-bond acceptors (Lipinski definition) is 3. The standard InChI is InChI=1S/C14H16N2O2S/c1-2-19(17,18)16(13-8-4-3-5-9-13)14-10-6-7-12(15)11-14/h3-11H,2,15H2,1H3. The lowest BCUT2D eigenvalue weighted by molar-refractivity contribution is 0.597. The first-order valence-electron chi connectivity index (χ1n) is 5.98. The van der Waals surface area contributed by atoms with Crippen molar-refractivity contribution in [1.29, 1.82) is 0 Å². The van der Waals surface area contributed by atoms with Gasteiger partial charge in [0, 0.05) is 5.69 Å². The monoisotopic (exact) mass is 276 g/mol. The number of nitrogens with two attached hydrogens (primary N) is 1. The van der Waals surface area contributed by atoms with Crippen molar-refractivity contribution in [1.82, 2.24) is 0 Å². The summed E-state index contributed by atoms with van der Waals surface area (Å²) in [6.07, 6.45) is 0. The highest BCUT2D eigenvalue weighted by Crippen LogP contribution is 2.29. The minimum atomic E-state index is -3.41. The van der Waals surface area contributed by atoms with Crippen molar-refractivity contribution < 1.29 is 8.42 Å². The van der Waals surface area contributed by atoms with Crippen molar-refractivity contribution in [2.75, 3.05) is 15.8 Å². The molecule has 0 aliphatic heterocycles. The highest BCUT2D eigenvalue weighted by atomic mass is 32.2. The van der Waals surface area contributed by atoms with Crippen LogP contribution >= 0.6 is 0 Å². The summed E-state index contributed by atoms with van der Waals surface area (Å²) in [5.74, 6) is 0.0245. The molecule has 0 aliphatic carbocycles. The van der Waals surface area contributed by atoms with E-state index in [0.717, 1.165) is 0 Å². The van der Waals surface area contributed by atoms with E-state index >= 15 is 0 Å². The van der Waals surface area contributed by atoms with Gasteiger partial charge in [-0.15, -0.1) is 0 Å². The van der Waals surface area contributed by atoms with E-state index in [1.54, 1.807) is 55.5 Å². The summed E-state index contributed by atoms with van der Waals surface area (Å²) >= 11 is 0. The number of anilines is 3. The maximum absolute atomic E-state index is 12.3. The van der Waals surface area contributed by atoms with Gasteiger partial charge < -0.3 is 5.73 Å². The quantitative estimate of drug-likeness (QED) is 0.873. The summed E-state index contributed by atoms with van der Waals surface area (Å²) < 4.78 is 25.9. The molecule has 0 aromatic heterocycles. The van der Waals surface area contributed by atoms with Crippen LogP contribution in [0.15, 0.2) is 54.6 Å². The molecule has 0 aliphatic rings. The molecule has 0 unspecified atom stereocenters. The predicted octanol–water partition coefficient (Wildman–Crippen LogP) is 2.76. The van der Waals surface area contributed by atoms with Crippen LogP contribution in [0.25, 0.3) is 0 Å². The number of rotatable bonds is 4. The molecule has 2 aromatic carbocycles. The molecule has 0 saturated heterocycles. The highest BCUT2D eigenvalue weighted by molar-refractivity contribution is 7.93. The smallest absolute Gasteiger partial charge is 0.239 e. The largest absolute Gasteiger partial charge is 0.399 e. The van der Waals surface area contributed by atoms with E-state index in [1.165, 1.54) is 4.31 Å². The summed E-state index contributed by atoms with van der Waals surface area (Å²) in [4.78, 5) is 0. The Labute approximate surface area is 113 Å². The number of sulfonamides is 1. The lowest BCUT2D eigenvalue weighted by atomic mass is 10.2. The van der Waals surface area contributed by atoms with E-state index in [4.69, 9.17) is 5.73 Å². The minimum Gasteiger partial charge on any atom is -0.399 e. The minimum absolute atomic E-state index is 0.0245. The zero-order valence-corrected chi connectivity index (χ0v) is 11.5. The molecule has 2 aromatic rings. The second-order valence-corrected chi connectivity index (χ2v) is 6.20. The van der Waals surface area contributed by atoms with Gasteiger partial charge in [-0.1, -0.05) is 24.3 Å². The molecule has 0 spiro atoms. The zero-order valence-electron chi connectivity index (χ0n) is 10.7. The maximum Gasteiger partial charge on any atom is 0.239 e. The first-order valence-corrected chi connectivity index (χ1v) is 7.59. The van der Waals surface area contributed by atoms with E-state index in [0.29, 0.717) is 17.1 Å². The molecule has 0 fully saturated rings. The fourth-order valence-corrected chi connectivity index (χ4v) is 2.95. The molecule has 5 heteroatoms. The predicted molar refractivity (Wildman–Crippen MR) is 78.9 cm³/mol. The molecule has 0 radical (unpaired) electrons. The maximum atomic E-state index is 12.3. The average Bonchev–Trinajstić information content (AvgIpc) is 2.40. The van der Waals surface area contributed by atoms with Crippen LogP contribution < -0.4 is 10.0 Å². The second-order valence-electron chi connectivity index (χ2n) is 4.10. The molecule has 0 saturated carbocycles. The van der Waals surface area contributed by atoms with Gasteiger partial charge >= 0.3 is 0 Å². The highest BCUT2D eigenvalue weighted by Gasteiger charge is 2.22. The van der Waals surface area contributed by atoms with Gasteiger partial charge in [-0.05, 0) is 37.3 Å². The van der Waals surface area contributed by atoms with Crippen LogP contribution in [0, 0.1) is 0 Å². The van der Waals surface area contributed by atoms with Gasteiger partial charge in [-0.25, -0.2) is 12.7 Å². The van der Waals surface area contributed by atoms with Gasteiger partial charge in [0.1, 0.15) is 0 Å². The summed E-state index contributed by atoms with van der Waals surface area (Å²) in [7, 11) is -3.41. The van der Waals surface area contributed by atoms with Crippen LogP contribution in [0.5, 0.6) is 0 Å². The van der Waals surface area contributed by atoms with E-state index < -0.39 is 10.0 Å². The van der Waals surface area contributed by atoms with Gasteiger partial charge in [0.2, 0.25) is 10.0 Å². The summed E-state index contributed by atoms with van der Waals surface area (Å²) in [6, 6.07) is 15.8. The molecule has 100 valence electrons. The van der Waals surface area contributed by atoms with E-state index in [1.807, 2.05) is 6.07 Å². The Morgan fingerprint density at radius 3 is 2.21 bits per heavy atom. The lowest BCUT2D eigenvalue weighted by Gasteiger charge is -2.24. The third-order valence-corrected chi connectivity index (χ3v) is 4.45. The van der Waals surface area contributed by atoms with Crippen molar-refractivity contribution in [3.63, 3.8) is 0 Å². The van der Waals surface area contributed by atoms with E-state index in [2.05, 4.69) is 0 Å². The topological polar surface area (TPSA) is 63.4 Å². The average molecular weight is 276 g/mol. The third kappa shape index (κ3) is 2.88. The van der Waals surface area contributed by atoms with Crippen LogP contribution in [-0.2, 0) is 10.0 Å². The van der Waals surface area contributed by atoms with Crippen molar-refractivity contribution in [3.8, 4) is 0 Å². The molecular formula is C14H16N2O2S. The summed E-state index contributed by atoms with van der Waals surface area (Å²) in [5.41, 5.74) is 7.43. The normalized spacial score (nSPS) is 11.2. The number of nitrogen functional groups attached to an aromatic ring is 1. The Balaban J connectivity index is 2.60. The Morgan fingerprint density at radius 2 is 1.63 bits per heavy atom. The first-order chi connectivity index (χ1) is 9.04. The Bertz CT molecular complexity index is 654. The Hall–Kier alpha value is -2.01. The molecule has 4 nitrogen and oxygen atoms in total. The molecule has 0 bridgehead atoms. The van der Waals surface area contributed by atoms with Crippen LogP contribution in [0.4, 0.5) is 17.1 Å². The molecule has 0 amide bonds. The fourth-order valence-electron chi connectivity index (χ4n) is 1.81. The first kappa shape index (κ1) is 13.4.